The fraction of sp³-hybridized carbons (Fsp3) is 0.571. The summed E-state index contributed by atoms with van der Waals surface area (Å²) in [6, 6.07) is 5.60. The molecule has 1 aromatic heterocycles. The van der Waals surface area contributed by atoms with E-state index in [2.05, 4.69) is 10.3 Å². The molecular weight excluding hydrogens is 228 g/mol. The van der Waals surface area contributed by atoms with Crippen LogP contribution in [0, 0.1) is 5.92 Å². The summed E-state index contributed by atoms with van der Waals surface area (Å²) in [5.74, 6) is 0.563. The van der Waals surface area contributed by atoms with Gasteiger partial charge in [-0.05, 0) is 50.4 Å². The number of aromatic nitrogens is 1. The number of pyridine rings is 1. The minimum absolute atomic E-state index is 0.112. The van der Waals surface area contributed by atoms with Gasteiger partial charge in [0.15, 0.2) is 0 Å². The fourth-order valence-corrected chi connectivity index (χ4v) is 2.20. The summed E-state index contributed by atoms with van der Waals surface area (Å²) < 4.78 is 5.20. The van der Waals surface area contributed by atoms with Gasteiger partial charge in [0, 0.05) is 12.6 Å². The van der Waals surface area contributed by atoms with Crippen LogP contribution in [0.1, 0.15) is 31.4 Å². The van der Waals surface area contributed by atoms with E-state index in [1.807, 2.05) is 18.2 Å². The van der Waals surface area contributed by atoms with Crippen molar-refractivity contribution in [3.05, 3.63) is 30.1 Å². The van der Waals surface area contributed by atoms with Gasteiger partial charge in [0.2, 0.25) is 0 Å². The molecule has 0 spiro atoms. The highest BCUT2D eigenvalue weighted by Gasteiger charge is 2.14. The van der Waals surface area contributed by atoms with Gasteiger partial charge in [-0.2, -0.15) is 0 Å². The average molecular weight is 248 g/mol. The smallest absolute Gasteiger partial charge is 0.306 e. The fourth-order valence-electron chi connectivity index (χ4n) is 2.20. The van der Waals surface area contributed by atoms with Gasteiger partial charge in [0.1, 0.15) is 6.61 Å². The standard InChI is InChI=1S/C14H20N2O2/c17-14(5-4-12-6-9-15-10-7-12)18-11-13-3-1-2-8-16-13/h1-3,8,12,15H,4-7,9-11H2. The summed E-state index contributed by atoms with van der Waals surface area (Å²) in [4.78, 5) is 15.7. The Balaban J connectivity index is 1.63. The number of rotatable bonds is 5. The number of nitrogens with zero attached hydrogens (tertiary/aromatic N) is 1. The Morgan fingerprint density at radius 1 is 1.39 bits per heavy atom. The van der Waals surface area contributed by atoms with E-state index in [1.165, 1.54) is 12.8 Å². The first-order valence-corrected chi connectivity index (χ1v) is 6.61. The number of carbonyl (C=O) groups is 1. The van der Waals surface area contributed by atoms with E-state index in [4.69, 9.17) is 4.74 Å². The molecule has 1 saturated heterocycles. The Labute approximate surface area is 108 Å². The van der Waals surface area contributed by atoms with Gasteiger partial charge in [0.05, 0.1) is 5.69 Å². The van der Waals surface area contributed by atoms with Gasteiger partial charge >= 0.3 is 5.97 Å². The highest BCUT2D eigenvalue weighted by molar-refractivity contribution is 5.69. The summed E-state index contributed by atoms with van der Waals surface area (Å²) in [6.45, 7) is 2.44. The normalized spacial score (nSPS) is 16.4. The van der Waals surface area contributed by atoms with Gasteiger partial charge in [-0.3, -0.25) is 9.78 Å². The minimum atomic E-state index is -0.112. The molecule has 0 aliphatic carbocycles. The Hall–Kier alpha value is -1.42. The van der Waals surface area contributed by atoms with Crippen LogP contribution in [0.25, 0.3) is 0 Å². The van der Waals surface area contributed by atoms with E-state index in [1.54, 1.807) is 6.20 Å². The molecule has 98 valence electrons. The van der Waals surface area contributed by atoms with Crippen LogP contribution in [0.4, 0.5) is 0 Å². The summed E-state index contributed by atoms with van der Waals surface area (Å²) in [5, 5.41) is 3.32. The van der Waals surface area contributed by atoms with Crippen molar-refractivity contribution < 1.29 is 9.53 Å². The number of hydrogen-bond acceptors (Lipinski definition) is 4. The number of ether oxygens (including phenoxy) is 1. The zero-order chi connectivity index (χ0) is 12.6. The zero-order valence-corrected chi connectivity index (χ0v) is 10.6. The second kappa shape index (κ2) is 7.11. The minimum Gasteiger partial charge on any atom is -0.459 e. The Kier molecular flexibility index (Phi) is 5.15. The number of nitrogens with one attached hydrogen (secondary N) is 1. The SMILES string of the molecule is O=C(CCC1CCNCC1)OCc1ccccn1. The van der Waals surface area contributed by atoms with Crippen molar-refractivity contribution in [2.45, 2.75) is 32.3 Å². The van der Waals surface area contributed by atoms with Crippen molar-refractivity contribution in [1.82, 2.24) is 10.3 Å². The summed E-state index contributed by atoms with van der Waals surface area (Å²) in [6.07, 6.45) is 5.53. The first-order valence-electron chi connectivity index (χ1n) is 6.61. The quantitative estimate of drug-likeness (QED) is 0.809. The maximum Gasteiger partial charge on any atom is 0.306 e. The van der Waals surface area contributed by atoms with Gasteiger partial charge in [-0.25, -0.2) is 0 Å². The highest BCUT2D eigenvalue weighted by atomic mass is 16.5. The zero-order valence-electron chi connectivity index (χ0n) is 10.6. The molecule has 0 amide bonds. The summed E-state index contributed by atoms with van der Waals surface area (Å²) >= 11 is 0. The third kappa shape index (κ3) is 4.45. The third-order valence-corrected chi connectivity index (χ3v) is 3.32. The van der Waals surface area contributed by atoms with E-state index >= 15 is 0 Å². The van der Waals surface area contributed by atoms with Crippen LogP contribution in [0.3, 0.4) is 0 Å². The molecule has 1 aliphatic rings. The lowest BCUT2D eigenvalue weighted by Gasteiger charge is -2.21. The van der Waals surface area contributed by atoms with Crippen molar-refractivity contribution >= 4 is 5.97 Å². The predicted octanol–water partition coefficient (Wildman–Crippen LogP) is 1.90. The molecule has 1 aromatic rings. The van der Waals surface area contributed by atoms with E-state index in [0.717, 1.165) is 25.2 Å². The Bertz CT molecular complexity index is 361. The van der Waals surface area contributed by atoms with Crippen molar-refractivity contribution in [3.8, 4) is 0 Å². The van der Waals surface area contributed by atoms with E-state index in [0.29, 0.717) is 12.3 Å². The molecule has 0 atom stereocenters. The maximum atomic E-state index is 11.6. The number of carbonyl (C=O) groups excluding carboxylic acids is 1. The molecule has 4 nitrogen and oxygen atoms in total. The maximum absolute atomic E-state index is 11.6. The lowest BCUT2D eigenvalue weighted by molar-refractivity contribution is -0.145. The molecule has 0 radical (unpaired) electrons. The molecule has 0 saturated carbocycles. The molecule has 0 aromatic carbocycles. The van der Waals surface area contributed by atoms with Crippen LogP contribution >= 0.6 is 0 Å². The molecular formula is C14H20N2O2. The molecule has 2 heterocycles. The van der Waals surface area contributed by atoms with Crippen molar-refractivity contribution in [1.29, 1.82) is 0 Å². The van der Waals surface area contributed by atoms with Crippen molar-refractivity contribution in [3.63, 3.8) is 0 Å². The summed E-state index contributed by atoms with van der Waals surface area (Å²) in [7, 11) is 0. The second-order valence-corrected chi connectivity index (χ2v) is 4.71. The Morgan fingerprint density at radius 2 is 2.22 bits per heavy atom. The van der Waals surface area contributed by atoms with E-state index < -0.39 is 0 Å². The van der Waals surface area contributed by atoms with Crippen LogP contribution in [-0.2, 0) is 16.1 Å². The van der Waals surface area contributed by atoms with Crippen molar-refractivity contribution in [2.75, 3.05) is 13.1 Å². The largest absolute Gasteiger partial charge is 0.459 e. The lowest BCUT2D eigenvalue weighted by atomic mass is 9.93. The molecule has 0 bridgehead atoms. The van der Waals surface area contributed by atoms with Crippen LogP contribution in [0.5, 0.6) is 0 Å². The first kappa shape index (κ1) is 13.0. The summed E-state index contributed by atoms with van der Waals surface area (Å²) in [5.41, 5.74) is 0.799. The highest BCUT2D eigenvalue weighted by Crippen LogP contribution is 2.18. The number of esters is 1. The first-order chi connectivity index (χ1) is 8.84. The molecule has 1 N–H and O–H groups in total. The van der Waals surface area contributed by atoms with E-state index in [9.17, 15) is 4.79 Å². The Morgan fingerprint density at radius 3 is 2.94 bits per heavy atom. The predicted molar refractivity (Wildman–Crippen MR) is 68.9 cm³/mol. The van der Waals surface area contributed by atoms with Gasteiger partial charge in [-0.1, -0.05) is 6.07 Å². The number of hydrogen-bond donors (Lipinski definition) is 1. The van der Waals surface area contributed by atoms with Gasteiger partial charge in [0.25, 0.3) is 0 Å². The third-order valence-electron chi connectivity index (χ3n) is 3.32. The molecule has 1 aliphatic heterocycles. The van der Waals surface area contributed by atoms with Crippen LogP contribution < -0.4 is 5.32 Å². The van der Waals surface area contributed by atoms with Crippen LogP contribution in [0.15, 0.2) is 24.4 Å². The molecule has 2 rings (SSSR count). The molecule has 4 heteroatoms. The lowest BCUT2D eigenvalue weighted by Crippen LogP contribution is -2.28. The van der Waals surface area contributed by atoms with Gasteiger partial charge < -0.3 is 10.1 Å². The van der Waals surface area contributed by atoms with Crippen molar-refractivity contribution in [2.24, 2.45) is 5.92 Å². The molecule has 0 unspecified atom stereocenters. The van der Waals surface area contributed by atoms with Crippen LogP contribution in [0.2, 0.25) is 0 Å². The van der Waals surface area contributed by atoms with E-state index in [-0.39, 0.29) is 12.6 Å². The molecule has 18 heavy (non-hydrogen) atoms. The monoisotopic (exact) mass is 248 g/mol. The average Bonchev–Trinajstić information content (AvgIpc) is 2.45. The topological polar surface area (TPSA) is 51.2 Å². The second-order valence-electron chi connectivity index (χ2n) is 4.71. The molecule has 1 fully saturated rings. The van der Waals surface area contributed by atoms with Crippen LogP contribution in [-0.4, -0.2) is 24.0 Å². The number of piperidine rings is 1. The van der Waals surface area contributed by atoms with Gasteiger partial charge in [-0.15, -0.1) is 0 Å².